The van der Waals surface area contributed by atoms with Gasteiger partial charge in [-0.1, -0.05) is 0 Å². The van der Waals surface area contributed by atoms with Crippen LogP contribution in [0, 0.1) is 6.92 Å². The number of aromatic amines is 2. The van der Waals surface area contributed by atoms with E-state index >= 15 is 0 Å². The zero-order valence-corrected chi connectivity index (χ0v) is 9.15. The first-order valence-corrected chi connectivity index (χ1v) is 4.89. The number of hydrogen-bond acceptors (Lipinski definition) is 2. The van der Waals surface area contributed by atoms with Crippen molar-refractivity contribution in [2.45, 2.75) is 13.5 Å². The van der Waals surface area contributed by atoms with E-state index in [4.69, 9.17) is 0 Å². The molecule has 6 heteroatoms. The van der Waals surface area contributed by atoms with Gasteiger partial charge in [-0.05, 0) is 6.92 Å². The number of H-pyrrole nitrogens is 2. The number of nitrogens with one attached hydrogen (secondary N) is 2. The Labute approximate surface area is 91.2 Å². The van der Waals surface area contributed by atoms with Crippen molar-refractivity contribution in [3.8, 4) is 0 Å². The fraction of sp³-hybridized carbons (Fsp3) is 0.300. The van der Waals surface area contributed by atoms with Crippen molar-refractivity contribution in [2.24, 2.45) is 7.05 Å². The lowest BCUT2D eigenvalue weighted by molar-refractivity contribution is -0.671. The molecule has 0 radical (unpaired) electrons. The maximum atomic E-state index is 11.4. The summed E-state index contributed by atoms with van der Waals surface area (Å²) in [5.74, 6) is 0. The zero-order valence-electron chi connectivity index (χ0n) is 9.15. The molecular formula is C10H13N4O2+. The summed E-state index contributed by atoms with van der Waals surface area (Å²) in [6.07, 6.45) is 5.64. The third-order valence-corrected chi connectivity index (χ3v) is 2.45. The smallest absolute Gasteiger partial charge is 0.307 e. The van der Waals surface area contributed by atoms with Crippen LogP contribution in [0.5, 0.6) is 0 Å². The Balaban J connectivity index is 2.42. The van der Waals surface area contributed by atoms with Gasteiger partial charge in [0.1, 0.15) is 18.9 Å². The molecule has 0 aliphatic rings. The molecule has 2 N–H and O–H groups in total. The second-order valence-electron chi connectivity index (χ2n) is 3.76. The van der Waals surface area contributed by atoms with E-state index in [-0.39, 0.29) is 5.56 Å². The maximum absolute atomic E-state index is 11.4. The zero-order chi connectivity index (χ0) is 11.7. The van der Waals surface area contributed by atoms with Gasteiger partial charge in [0, 0.05) is 5.56 Å². The normalized spacial score (nSPS) is 10.6. The Morgan fingerprint density at radius 2 is 2.12 bits per heavy atom. The fourth-order valence-electron chi connectivity index (χ4n) is 1.53. The van der Waals surface area contributed by atoms with Crippen molar-refractivity contribution in [1.29, 1.82) is 0 Å². The molecule has 0 unspecified atom stereocenters. The third kappa shape index (κ3) is 1.95. The lowest BCUT2D eigenvalue weighted by Gasteiger charge is -2.00. The van der Waals surface area contributed by atoms with Crippen LogP contribution in [0.2, 0.25) is 0 Å². The van der Waals surface area contributed by atoms with Crippen LogP contribution in [-0.4, -0.2) is 14.5 Å². The molecule has 6 nitrogen and oxygen atoms in total. The molecule has 0 saturated carbocycles. The third-order valence-electron chi connectivity index (χ3n) is 2.45. The van der Waals surface area contributed by atoms with E-state index < -0.39 is 5.69 Å². The van der Waals surface area contributed by atoms with Gasteiger partial charge in [0.05, 0.1) is 12.7 Å². The molecular weight excluding hydrogens is 208 g/mol. The summed E-state index contributed by atoms with van der Waals surface area (Å²) < 4.78 is 3.78. The van der Waals surface area contributed by atoms with Crippen molar-refractivity contribution in [3.05, 3.63) is 50.8 Å². The minimum atomic E-state index is -0.470. The van der Waals surface area contributed by atoms with Crippen LogP contribution >= 0.6 is 0 Å². The van der Waals surface area contributed by atoms with Crippen LogP contribution < -0.4 is 15.8 Å². The second-order valence-corrected chi connectivity index (χ2v) is 3.76. The quantitative estimate of drug-likeness (QED) is 0.641. The minimum absolute atomic E-state index is 0.338. The molecule has 0 amide bonds. The summed E-state index contributed by atoms with van der Waals surface area (Å²) in [6.45, 7) is 2.17. The Kier molecular flexibility index (Phi) is 2.47. The molecule has 0 spiro atoms. The average molecular weight is 221 g/mol. The first kappa shape index (κ1) is 10.4. The van der Waals surface area contributed by atoms with E-state index in [1.54, 1.807) is 6.92 Å². The molecule has 2 heterocycles. The SMILES string of the molecule is Cc1c(Cn2cc[n+](C)c2)[nH]c(=O)[nH]c1=O. The summed E-state index contributed by atoms with van der Waals surface area (Å²) >= 11 is 0. The van der Waals surface area contributed by atoms with E-state index in [0.717, 1.165) is 0 Å². The molecule has 2 aromatic rings. The largest absolute Gasteiger partial charge is 0.326 e. The van der Waals surface area contributed by atoms with E-state index in [1.807, 2.05) is 34.9 Å². The van der Waals surface area contributed by atoms with Crippen molar-refractivity contribution in [3.63, 3.8) is 0 Å². The molecule has 0 fully saturated rings. The number of nitrogens with zero attached hydrogens (tertiary/aromatic N) is 2. The van der Waals surface area contributed by atoms with Gasteiger partial charge in [0.2, 0.25) is 6.33 Å². The molecule has 2 rings (SSSR count). The van der Waals surface area contributed by atoms with Crippen LogP contribution in [-0.2, 0) is 13.6 Å². The maximum Gasteiger partial charge on any atom is 0.326 e. The Morgan fingerprint density at radius 3 is 2.75 bits per heavy atom. The monoisotopic (exact) mass is 221 g/mol. The van der Waals surface area contributed by atoms with Crippen molar-refractivity contribution in [1.82, 2.24) is 14.5 Å². The Morgan fingerprint density at radius 1 is 1.38 bits per heavy atom. The Bertz CT molecular complexity index is 620. The lowest BCUT2D eigenvalue weighted by Crippen LogP contribution is -2.28. The molecule has 0 aliphatic heterocycles. The Hall–Kier alpha value is -2.11. The second kappa shape index (κ2) is 3.80. The molecule has 0 atom stereocenters. The van der Waals surface area contributed by atoms with Crippen LogP contribution in [0.15, 0.2) is 28.3 Å². The van der Waals surface area contributed by atoms with Gasteiger partial charge in [0.25, 0.3) is 5.56 Å². The molecule has 2 aromatic heterocycles. The average Bonchev–Trinajstić information content (AvgIpc) is 2.60. The van der Waals surface area contributed by atoms with Crippen molar-refractivity contribution < 1.29 is 4.57 Å². The minimum Gasteiger partial charge on any atom is -0.307 e. The first-order valence-electron chi connectivity index (χ1n) is 4.89. The number of rotatable bonds is 2. The number of aromatic nitrogens is 4. The van der Waals surface area contributed by atoms with E-state index in [0.29, 0.717) is 17.8 Å². The molecule has 0 aromatic carbocycles. The van der Waals surface area contributed by atoms with Crippen LogP contribution in [0.4, 0.5) is 0 Å². The van der Waals surface area contributed by atoms with E-state index in [2.05, 4.69) is 9.97 Å². The van der Waals surface area contributed by atoms with Crippen LogP contribution in [0.1, 0.15) is 11.3 Å². The highest BCUT2D eigenvalue weighted by molar-refractivity contribution is 5.14. The molecule has 0 bridgehead atoms. The number of aryl methyl sites for hydroxylation is 1. The number of hydrogen-bond donors (Lipinski definition) is 2. The molecule has 16 heavy (non-hydrogen) atoms. The highest BCUT2D eigenvalue weighted by Gasteiger charge is 2.08. The lowest BCUT2D eigenvalue weighted by atomic mass is 10.2. The van der Waals surface area contributed by atoms with Gasteiger partial charge in [-0.2, -0.15) is 0 Å². The van der Waals surface area contributed by atoms with Crippen molar-refractivity contribution >= 4 is 0 Å². The van der Waals surface area contributed by atoms with Crippen LogP contribution in [0.3, 0.4) is 0 Å². The predicted molar refractivity (Wildman–Crippen MR) is 57.1 cm³/mol. The van der Waals surface area contributed by atoms with Gasteiger partial charge in [-0.15, -0.1) is 0 Å². The summed E-state index contributed by atoms with van der Waals surface area (Å²) in [5, 5.41) is 0. The van der Waals surface area contributed by atoms with Crippen molar-refractivity contribution in [2.75, 3.05) is 0 Å². The molecule has 0 saturated heterocycles. The summed E-state index contributed by atoms with van der Waals surface area (Å²) in [4.78, 5) is 27.3. The predicted octanol–water partition coefficient (Wildman–Crippen LogP) is -0.954. The highest BCUT2D eigenvalue weighted by atomic mass is 16.2. The van der Waals surface area contributed by atoms with E-state index in [1.165, 1.54) is 0 Å². The summed E-state index contributed by atoms with van der Waals surface area (Å²) in [6, 6.07) is 0. The van der Waals surface area contributed by atoms with Crippen LogP contribution in [0.25, 0.3) is 0 Å². The fourth-order valence-corrected chi connectivity index (χ4v) is 1.53. The van der Waals surface area contributed by atoms with Gasteiger partial charge < -0.3 is 4.98 Å². The van der Waals surface area contributed by atoms with Gasteiger partial charge in [-0.3, -0.25) is 9.78 Å². The highest BCUT2D eigenvalue weighted by Crippen LogP contribution is 1.98. The molecule has 84 valence electrons. The summed E-state index contributed by atoms with van der Waals surface area (Å²) in [5.41, 5.74) is 0.360. The topological polar surface area (TPSA) is 74.5 Å². The molecule has 0 aliphatic carbocycles. The standard InChI is InChI=1S/C10H12N4O2/c1-7-8(11-10(16)12-9(7)15)5-14-4-3-13(2)6-14/h3-4,6H,5H2,1-2H3,(H-,11,12,15,16)/p+1. The number of imidazole rings is 1. The summed E-state index contributed by atoms with van der Waals surface area (Å²) in [7, 11) is 1.91. The van der Waals surface area contributed by atoms with Gasteiger partial charge in [0.15, 0.2) is 0 Å². The van der Waals surface area contributed by atoms with Gasteiger partial charge in [-0.25, -0.2) is 13.9 Å². The van der Waals surface area contributed by atoms with Gasteiger partial charge >= 0.3 is 5.69 Å². The first-order chi connectivity index (χ1) is 7.56. The van der Waals surface area contributed by atoms with E-state index in [9.17, 15) is 9.59 Å².